The molecule has 1 aromatic rings. The van der Waals surface area contributed by atoms with Crippen molar-refractivity contribution in [3.8, 4) is 0 Å². The van der Waals surface area contributed by atoms with E-state index in [9.17, 15) is 9.18 Å². The minimum atomic E-state index is -0.541. The van der Waals surface area contributed by atoms with E-state index in [1.807, 2.05) is 0 Å². The van der Waals surface area contributed by atoms with E-state index in [-0.39, 0.29) is 10.9 Å². The number of carbonyl (C=O) groups is 1. The van der Waals surface area contributed by atoms with Crippen molar-refractivity contribution in [3.05, 3.63) is 34.1 Å². The zero-order valence-corrected chi connectivity index (χ0v) is 13.4. The number of nitrogens with one attached hydrogen (secondary N) is 1. The lowest BCUT2D eigenvalue weighted by molar-refractivity contribution is 0.0946. The highest BCUT2D eigenvalue weighted by atomic mass is 79.9. The first-order valence-electron chi connectivity index (χ1n) is 6.37. The molecular weight excluding hydrogens is 333 g/mol. The molecule has 1 unspecified atom stereocenters. The highest BCUT2D eigenvalue weighted by Crippen LogP contribution is 2.21. The fraction of sp³-hybridized carbons (Fsp3) is 0.500. The molecule has 1 amide bonds. The summed E-state index contributed by atoms with van der Waals surface area (Å²) in [5, 5.41) is 2.55. The normalized spacial score (nSPS) is 12.5. The molecule has 1 atom stereocenters. The minimum absolute atomic E-state index is 0.0240. The standard InChI is InChI=1S/C14H18BrClFNO/c1-3-9(4-2)11(16)8-18-14(19)13-10(15)6-5-7-12(13)17/h5-7,9,11H,3-4,8H2,1-2H3,(H,18,19). The van der Waals surface area contributed by atoms with Gasteiger partial charge in [0, 0.05) is 11.0 Å². The second-order valence-electron chi connectivity index (χ2n) is 4.40. The van der Waals surface area contributed by atoms with Crippen molar-refractivity contribution in [2.24, 2.45) is 5.92 Å². The lowest BCUT2D eigenvalue weighted by Crippen LogP contribution is -2.33. The van der Waals surface area contributed by atoms with Crippen LogP contribution in [-0.2, 0) is 0 Å². The summed E-state index contributed by atoms with van der Waals surface area (Å²) in [6.07, 6.45) is 1.92. The van der Waals surface area contributed by atoms with Gasteiger partial charge in [0.15, 0.2) is 0 Å². The number of hydrogen-bond acceptors (Lipinski definition) is 1. The van der Waals surface area contributed by atoms with Crippen LogP contribution >= 0.6 is 27.5 Å². The number of benzene rings is 1. The first-order chi connectivity index (χ1) is 9.01. The van der Waals surface area contributed by atoms with E-state index in [4.69, 9.17) is 11.6 Å². The Morgan fingerprint density at radius 2 is 2.05 bits per heavy atom. The number of alkyl halides is 1. The maximum Gasteiger partial charge on any atom is 0.255 e. The molecular formula is C14H18BrClFNO. The molecule has 0 aliphatic heterocycles. The van der Waals surface area contributed by atoms with Crippen molar-refractivity contribution in [1.29, 1.82) is 0 Å². The Bertz CT molecular complexity index is 417. The number of amides is 1. The van der Waals surface area contributed by atoms with E-state index >= 15 is 0 Å². The smallest absolute Gasteiger partial charge is 0.255 e. The number of halogens is 3. The second kappa shape index (κ2) is 7.85. The van der Waals surface area contributed by atoms with Gasteiger partial charge in [-0.1, -0.05) is 32.8 Å². The molecule has 0 aliphatic rings. The first-order valence-corrected chi connectivity index (χ1v) is 7.60. The van der Waals surface area contributed by atoms with Gasteiger partial charge in [0.2, 0.25) is 0 Å². The Hall–Kier alpha value is -0.610. The van der Waals surface area contributed by atoms with Crippen molar-refractivity contribution in [2.45, 2.75) is 32.1 Å². The average Bonchev–Trinajstić information content (AvgIpc) is 2.37. The summed E-state index contributed by atoms with van der Waals surface area (Å²) in [6.45, 7) is 4.48. The molecule has 5 heteroatoms. The van der Waals surface area contributed by atoms with Gasteiger partial charge in [0.25, 0.3) is 5.91 Å². The molecule has 0 aliphatic carbocycles. The van der Waals surface area contributed by atoms with Crippen molar-refractivity contribution in [1.82, 2.24) is 5.32 Å². The zero-order chi connectivity index (χ0) is 14.4. The Labute approximate surface area is 126 Å². The lowest BCUT2D eigenvalue weighted by atomic mass is 9.99. The summed E-state index contributed by atoms with van der Waals surface area (Å²) in [5.74, 6) is -0.631. The second-order valence-corrected chi connectivity index (χ2v) is 5.81. The lowest BCUT2D eigenvalue weighted by Gasteiger charge is -2.19. The fourth-order valence-electron chi connectivity index (χ4n) is 1.96. The molecule has 0 aromatic heterocycles. The topological polar surface area (TPSA) is 29.1 Å². The van der Waals surface area contributed by atoms with Crippen molar-refractivity contribution in [3.63, 3.8) is 0 Å². The van der Waals surface area contributed by atoms with Crippen molar-refractivity contribution >= 4 is 33.4 Å². The predicted molar refractivity (Wildman–Crippen MR) is 80.1 cm³/mol. The highest BCUT2D eigenvalue weighted by Gasteiger charge is 2.19. The third-order valence-corrected chi connectivity index (χ3v) is 4.38. The van der Waals surface area contributed by atoms with Crippen LogP contribution in [0.3, 0.4) is 0 Å². The van der Waals surface area contributed by atoms with E-state index in [0.717, 1.165) is 12.8 Å². The van der Waals surface area contributed by atoms with E-state index in [1.54, 1.807) is 12.1 Å². The van der Waals surface area contributed by atoms with E-state index in [0.29, 0.717) is 16.9 Å². The Kier molecular flexibility index (Phi) is 6.80. The monoisotopic (exact) mass is 349 g/mol. The molecule has 0 saturated heterocycles. The molecule has 0 radical (unpaired) electrons. The van der Waals surface area contributed by atoms with Crippen molar-refractivity contribution in [2.75, 3.05) is 6.54 Å². The van der Waals surface area contributed by atoms with Crippen LogP contribution in [0.15, 0.2) is 22.7 Å². The molecule has 0 spiro atoms. The first kappa shape index (κ1) is 16.4. The summed E-state index contributed by atoms with van der Waals surface area (Å²) >= 11 is 9.42. The molecule has 0 bridgehead atoms. The largest absolute Gasteiger partial charge is 0.350 e. The summed E-state index contributed by atoms with van der Waals surface area (Å²) < 4.78 is 14.0. The van der Waals surface area contributed by atoms with Gasteiger partial charge in [-0.05, 0) is 34.0 Å². The van der Waals surface area contributed by atoms with Gasteiger partial charge in [-0.25, -0.2) is 4.39 Å². The molecule has 2 nitrogen and oxygen atoms in total. The number of hydrogen-bond donors (Lipinski definition) is 1. The van der Waals surface area contributed by atoms with E-state index in [2.05, 4.69) is 35.1 Å². The van der Waals surface area contributed by atoms with Crippen LogP contribution in [0.5, 0.6) is 0 Å². The van der Waals surface area contributed by atoms with Crippen LogP contribution in [0.25, 0.3) is 0 Å². The number of rotatable bonds is 6. The number of carbonyl (C=O) groups excluding carboxylic acids is 1. The molecule has 0 fully saturated rings. The summed E-state index contributed by atoms with van der Waals surface area (Å²) in [7, 11) is 0. The summed E-state index contributed by atoms with van der Waals surface area (Å²) in [5.41, 5.74) is 0.0240. The van der Waals surface area contributed by atoms with Crippen LogP contribution in [0.1, 0.15) is 37.0 Å². The van der Waals surface area contributed by atoms with E-state index in [1.165, 1.54) is 6.07 Å². The molecule has 0 heterocycles. The van der Waals surface area contributed by atoms with Crippen LogP contribution < -0.4 is 5.32 Å². The predicted octanol–water partition coefficient (Wildman–Crippen LogP) is 4.36. The molecule has 0 saturated carbocycles. The van der Waals surface area contributed by atoms with Gasteiger partial charge < -0.3 is 5.32 Å². The molecule has 1 rings (SSSR count). The van der Waals surface area contributed by atoms with Gasteiger partial charge in [-0.2, -0.15) is 0 Å². The van der Waals surface area contributed by atoms with Gasteiger partial charge in [0.1, 0.15) is 5.82 Å². The Morgan fingerprint density at radius 1 is 1.42 bits per heavy atom. The molecule has 1 aromatic carbocycles. The SMILES string of the molecule is CCC(CC)C(Cl)CNC(=O)c1c(F)cccc1Br. The molecule has 1 N–H and O–H groups in total. The summed E-state index contributed by atoms with van der Waals surface area (Å²) in [4.78, 5) is 12.0. The molecule has 19 heavy (non-hydrogen) atoms. The van der Waals surface area contributed by atoms with Crippen LogP contribution in [0, 0.1) is 11.7 Å². The van der Waals surface area contributed by atoms with Crippen LogP contribution in [0.4, 0.5) is 4.39 Å². The maximum absolute atomic E-state index is 13.6. The zero-order valence-electron chi connectivity index (χ0n) is 11.1. The maximum atomic E-state index is 13.6. The summed E-state index contributed by atoms with van der Waals surface area (Å²) in [6, 6.07) is 4.44. The fourth-order valence-corrected chi connectivity index (χ4v) is 2.92. The quantitative estimate of drug-likeness (QED) is 0.759. The van der Waals surface area contributed by atoms with Gasteiger partial charge in [-0.15, -0.1) is 11.6 Å². The minimum Gasteiger partial charge on any atom is -0.350 e. The van der Waals surface area contributed by atoms with Crippen LogP contribution in [0.2, 0.25) is 0 Å². The van der Waals surface area contributed by atoms with Gasteiger partial charge >= 0.3 is 0 Å². The Morgan fingerprint density at radius 3 is 2.58 bits per heavy atom. The van der Waals surface area contributed by atoms with Gasteiger partial charge in [-0.3, -0.25) is 4.79 Å². The van der Waals surface area contributed by atoms with Gasteiger partial charge in [0.05, 0.1) is 10.9 Å². The van der Waals surface area contributed by atoms with Crippen LogP contribution in [-0.4, -0.2) is 17.8 Å². The van der Waals surface area contributed by atoms with E-state index < -0.39 is 11.7 Å². The molecule has 106 valence electrons. The third-order valence-electron chi connectivity index (χ3n) is 3.21. The van der Waals surface area contributed by atoms with Crippen molar-refractivity contribution < 1.29 is 9.18 Å². The highest BCUT2D eigenvalue weighted by molar-refractivity contribution is 9.10. The average molecular weight is 351 g/mol. The third kappa shape index (κ3) is 4.46. The Balaban J connectivity index is 2.66.